The van der Waals surface area contributed by atoms with Crippen LogP contribution in [0.4, 0.5) is 25.3 Å². The van der Waals surface area contributed by atoms with Crippen LogP contribution >= 0.6 is 11.3 Å². The van der Waals surface area contributed by atoms with Gasteiger partial charge in [0.2, 0.25) is 0 Å². The fourth-order valence-corrected chi connectivity index (χ4v) is 4.50. The Morgan fingerprint density at radius 1 is 1.23 bits per heavy atom. The zero-order valence-electron chi connectivity index (χ0n) is 16.4. The fourth-order valence-electron chi connectivity index (χ4n) is 3.63. The summed E-state index contributed by atoms with van der Waals surface area (Å²) in [7, 11) is 1.79. The summed E-state index contributed by atoms with van der Waals surface area (Å²) >= 11 is 0.862. The molecule has 1 aliphatic carbocycles. The van der Waals surface area contributed by atoms with Crippen LogP contribution in [-0.2, 0) is 7.05 Å². The minimum Gasteiger partial charge on any atom is -0.389 e. The normalized spacial score (nSPS) is 14.6. The van der Waals surface area contributed by atoms with Crippen LogP contribution in [0, 0.1) is 11.6 Å². The first-order valence-electron chi connectivity index (χ1n) is 9.74. The van der Waals surface area contributed by atoms with Crippen LogP contribution in [0.25, 0.3) is 10.6 Å². The smallest absolute Gasteiger partial charge is 0.277 e. The van der Waals surface area contributed by atoms with Crippen LogP contribution in [0.3, 0.4) is 0 Å². The first-order valence-corrected chi connectivity index (χ1v) is 10.6. The maximum Gasteiger partial charge on any atom is 0.277 e. The van der Waals surface area contributed by atoms with Gasteiger partial charge < -0.3 is 16.4 Å². The van der Waals surface area contributed by atoms with E-state index >= 15 is 0 Å². The number of aromatic nitrogens is 3. The molecule has 4 N–H and O–H groups in total. The van der Waals surface area contributed by atoms with Crippen molar-refractivity contribution in [1.29, 1.82) is 0 Å². The number of carbonyl (C=O) groups excluding carboxylic acids is 1. The van der Waals surface area contributed by atoms with Gasteiger partial charge in [-0.05, 0) is 25.0 Å². The summed E-state index contributed by atoms with van der Waals surface area (Å²) in [6.07, 6.45) is 7.25. The summed E-state index contributed by atoms with van der Waals surface area (Å²) in [5, 5.41) is 10.5. The second-order valence-corrected chi connectivity index (χ2v) is 8.32. The summed E-state index contributed by atoms with van der Waals surface area (Å²) in [4.78, 5) is 16.9. The average Bonchev–Trinajstić information content (AvgIpc) is 3.26. The van der Waals surface area contributed by atoms with Gasteiger partial charge in [-0.15, -0.1) is 0 Å². The van der Waals surface area contributed by atoms with E-state index in [1.165, 1.54) is 25.3 Å². The number of nitrogen functional groups attached to an aromatic ring is 1. The van der Waals surface area contributed by atoms with Crippen LogP contribution in [-0.4, -0.2) is 26.7 Å². The Balaban J connectivity index is 1.56. The van der Waals surface area contributed by atoms with Gasteiger partial charge in [0.15, 0.2) is 5.69 Å². The van der Waals surface area contributed by atoms with Crippen LogP contribution in [0.15, 0.2) is 24.4 Å². The lowest BCUT2D eigenvalue weighted by Gasteiger charge is -2.24. The molecule has 10 heteroatoms. The fraction of sp³-hybridized carbons (Fsp3) is 0.350. The molecule has 1 saturated carbocycles. The maximum absolute atomic E-state index is 14.1. The lowest BCUT2D eigenvalue weighted by molar-refractivity contribution is 0.102. The molecule has 2 heterocycles. The van der Waals surface area contributed by atoms with Crippen LogP contribution in [0.2, 0.25) is 0 Å². The van der Waals surface area contributed by atoms with E-state index in [0.717, 1.165) is 36.3 Å². The van der Waals surface area contributed by atoms with Crippen molar-refractivity contribution in [2.45, 2.75) is 38.1 Å². The Morgan fingerprint density at radius 3 is 2.63 bits per heavy atom. The van der Waals surface area contributed by atoms with Crippen molar-refractivity contribution >= 4 is 33.8 Å². The highest BCUT2D eigenvalue weighted by Crippen LogP contribution is 2.34. The van der Waals surface area contributed by atoms with Gasteiger partial charge in [-0.2, -0.15) is 5.10 Å². The summed E-state index contributed by atoms with van der Waals surface area (Å²) in [5.41, 5.74) is 6.06. The van der Waals surface area contributed by atoms with E-state index in [-0.39, 0.29) is 21.3 Å². The van der Waals surface area contributed by atoms with Crippen molar-refractivity contribution in [1.82, 2.24) is 14.8 Å². The van der Waals surface area contributed by atoms with Crippen LogP contribution < -0.4 is 16.4 Å². The second-order valence-electron chi connectivity index (χ2n) is 7.29. The van der Waals surface area contributed by atoms with Crippen molar-refractivity contribution in [2.24, 2.45) is 7.05 Å². The first kappa shape index (κ1) is 20.3. The Morgan fingerprint density at radius 2 is 1.93 bits per heavy atom. The predicted octanol–water partition coefficient (Wildman–Crippen LogP) is 4.40. The number of thiazole rings is 1. The number of benzene rings is 1. The third kappa shape index (κ3) is 4.00. The minimum absolute atomic E-state index is 0.0139. The van der Waals surface area contributed by atoms with Crippen LogP contribution in [0.1, 0.15) is 42.6 Å². The van der Waals surface area contributed by atoms with E-state index in [0.29, 0.717) is 17.5 Å². The molecule has 0 atom stereocenters. The number of hydrogen-bond acceptors (Lipinski definition) is 6. The Kier molecular flexibility index (Phi) is 5.67. The largest absolute Gasteiger partial charge is 0.389 e. The van der Waals surface area contributed by atoms with Crippen molar-refractivity contribution in [3.05, 3.63) is 41.7 Å². The Hall–Kier alpha value is -3.01. The molecule has 0 radical (unpaired) electrons. The summed E-state index contributed by atoms with van der Waals surface area (Å²) in [5.74, 6) is -1.39. The number of halogens is 2. The number of aryl methyl sites for hydroxylation is 1. The summed E-state index contributed by atoms with van der Waals surface area (Å²) in [6.45, 7) is 0. The van der Waals surface area contributed by atoms with Gasteiger partial charge in [-0.1, -0.05) is 36.7 Å². The molecule has 4 rings (SSSR count). The first-order chi connectivity index (χ1) is 14.4. The van der Waals surface area contributed by atoms with E-state index < -0.39 is 17.5 Å². The lowest BCUT2D eigenvalue weighted by atomic mass is 9.95. The van der Waals surface area contributed by atoms with Crippen molar-refractivity contribution < 1.29 is 13.6 Å². The topological polar surface area (TPSA) is 97.9 Å². The van der Waals surface area contributed by atoms with Crippen molar-refractivity contribution in [3.8, 4) is 10.6 Å². The van der Waals surface area contributed by atoms with Gasteiger partial charge >= 0.3 is 0 Å². The second kappa shape index (κ2) is 8.39. The third-order valence-electron chi connectivity index (χ3n) is 5.18. The van der Waals surface area contributed by atoms with Gasteiger partial charge in [0, 0.05) is 13.1 Å². The standard InChI is InChI=1S/C20H22F2N6OS/c1-28-18(25-11-6-3-2-4-7-11)14(10-24-28)26-19(29)16-17(23)30-20(27-16)15-12(21)8-5-9-13(15)22/h5,8-11,25H,2-4,6-7,23H2,1H3,(H,26,29). The third-order valence-corrected chi connectivity index (χ3v) is 6.08. The van der Waals surface area contributed by atoms with Crippen molar-refractivity contribution in [2.75, 3.05) is 16.4 Å². The molecule has 1 aromatic carbocycles. The number of hydrogen-bond donors (Lipinski definition) is 3. The van der Waals surface area contributed by atoms with Gasteiger partial charge in [-0.3, -0.25) is 9.48 Å². The summed E-state index contributed by atoms with van der Waals surface area (Å²) in [6, 6.07) is 3.86. The van der Waals surface area contributed by atoms with Crippen LogP contribution in [0.5, 0.6) is 0 Å². The molecule has 0 spiro atoms. The quantitative estimate of drug-likeness (QED) is 0.555. The molecule has 1 amide bonds. The van der Waals surface area contributed by atoms with Gasteiger partial charge in [0.1, 0.15) is 33.1 Å². The Labute approximate surface area is 176 Å². The molecule has 158 valence electrons. The predicted molar refractivity (Wildman–Crippen MR) is 114 cm³/mol. The van der Waals surface area contributed by atoms with E-state index in [9.17, 15) is 13.6 Å². The molecule has 2 aromatic heterocycles. The zero-order valence-corrected chi connectivity index (χ0v) is 17.2. The van der Waals surface area contributed by atoms with Crippen molar-refractivity contribution in [3.63, 3.8) is 0 Å². The van der Waals surface area contributed by atoms with Gasteiger partial charge in [0.25, 0.3) is 5.91 Å². The van der Waals surface area contributed by atoms with E-state index in [2.05, 4.69) is 20.7 Å². The molecule has 1 aliphatic rings. The molecule has 0 bridgehead atoms. The van der Waals surface area contributed by atoms with Gasteiger partial charge in [0.05, 0.1) is 11.8 Å². The highest BCUT2D eigenvalue weighted by Gasteiger charge is 2.23. The molecule has 0 aliphatic heterocycles. The van der Waals surface area contributed by atoms with E-state index in [1.807, 2.05) is 0 Å². The molecule has 3 aromatic rings. The summed E-state index contributed by atoms with van der Waals surface area (Å²) < 4.78 is 29.8. The number of anilines is 3. The molecule has 0 saturated heterocycles. The molecular weight excluding hydrogens is 410 g/mol. The average molecular weight is 433 g/mol. The van der Waals surface area contributed by atoms with E-state index in [4.69, 9.17) is 5.73 Å². The SMILES string of the molecule is Cn1ncc(NC(=O)c2nc(-c3c(F)cccc3F)sc2N)c1NC1CCCCC1. The molecular formula is C20H22F2N6OS. The molecule has 1 fully saturated rings. The molecule has 0 unspecified atom stereocenters. The van der Waals surface area contributed by atoms with E-state index in [1.54, 1.807) is 17.9 Å². The monoisotopic (exact) mass is 432 g/mol. The number of nitrogens with one attached hydrogen (secondary N) is 2. The number of carbonyl (C=O) groups is 1. The number of nitrogens with zero attached hydrogens (tertiary/aromatic N) is 3. The maximum atomic E-state index is 14.1. The Bertz CT molecular complexity index is 1050. The number of nitrogens with two attached hydrogens (primary N) is 1. The lowest BCUT2D eigenvalue weighted by Crippen LogP contribution is -2.24. The number of rotatable bonds is 5. The highest BCUT2D eigenvalue weighted by atomic mass is 32.1. The van der Waals surface area contributed by atoms with Gasteiger partial charge in [-0.25, -0.2) is 13.8 Å². The molecule has 7 nitrogen and oxygen atoms in total. The molecule has 30 heavy (non-hydrogen) atoms. The number of amides is 1. The highest BCUT2D eigenvalue weighted by molar-refractivity contribution is 7.19. The zero-order chi connectivity index (χ0) is 21.3. The minimum atomic E-state index is -0.762.